The number of anilines is 1. The first-order chi connectivity index (χ1) is 21.9. The summed E-state index contributed by atoms with van der Waals surface area (Å²) in [5.74, 6) is 0.318. The smallest absolute Gasteiger partial charge is 0.406 e. The summed E-state index contributed by atoms with van der Waals surface area (Å²) in [7, 11) is 0. The van der Waals surface area contributed by atoms with Crippen LogP contribution in [0.3, 0.4) is 0 Å². The molecular formula is C32H28ClF3N6O3S. The predicted molar refractivity (Wildman–Crippen MR) is 171 cm³/mol. The van der Waals surface area contributed by atoms with E-state index >= 15 is 0 Å². The highest BCUT2D eigenvalue weighted by molar-refractivity contribution is 8.15. The van der Waals surface area contributed by atoms with Crippen LogP contribution in [0.2, 0.25) is 5.02 Å². The average Bonchev–Trinajstić information content (AvgIpc) is 3.63. The number of carbonyl (C=O) groups excluding carboxylic acids is 2. The Labute approximate surface area is 271 Å². The summed E-state index contributed by atoms with van der Waals surface area (Å²) >= 11 is 7.48. The van der Waals surface area contributed by atoms with Gasteiger partial charge in [0.25, 0.3) is 0 Å². The number of halogens is 4. The maximum Gasteiger partial charge on any atom is 0.573 e. The monoisotopic (exact) mass is 668 g/mol. The highest BCUT2D eigenvalue weighted by atomic mass is 35.5. The van der Waals surface area contributed by atoms with Gasteiger partial charge in [0.1, 0.15) is 12.1 Å². The molecule has 4 aromatic rings. The van der Waals surface area contributed by atoms with Crippen molar-refractivity contribution in [2.24, 2.45) is 4.99 Å². The maximum absolute atomic E-state index is 13.0. The predicted octanol–water partition coefficient (Wildman–Crippen LogP) is 7.31. The third-order valence-electron chi connectivity index (χ3n) is 7.67. The van der Waals surface area contributed by atoms with E-state index in [1.807, 2.05) is 38.1 Å². The van der Waals surface area contributed by atoms with Crippen molar-refractivity contribution in [2.75, 3.05) is 10.7 Å². The summed E-state index contributed by atoms with van der Waals surface area (Å²) in [4.78, 5) is 36.0. The van der Waals surface area contributed by atoms with Crippen molar-refractivity contribution in [1.82, 2.24) is 20.1 Å². The van der Waals surface area contributed by atoms with Gasteiger partial charge >= 0.3 is 12.4 Å². The van der Waals surface area contributed by atoms with Crippen LogP contribution in [-0.2, 0) is 17.6 Å². The second-order valence-electron chi connectivity index (χ2n) is 11.2. The first kappa shape index (κ1) is 31.6. The molecule has 1 fully saturated rings. The van der Waals surface area contributed by atoms with Crippen molar-refractivity contribution >= 4 is 46.2 Å². The van der Waals surface area contributed by atoms with Crippen molar-refractivity contribution in [1.29, 1.82) is 0 Å². The standard InChI is InChI=1S/C32H28ClF3N6O3S/c1-18(2)26-12-6-22(33)15-27(26)42-28(43)16-46-31(42)39-30(44)38-23-7-5-19-13-21(4-3-20(19)14-23)29-37-17-41(40-29)24-8-10-25(11-9-24)45-32(34,35)36/h3-4,6,8-13,15,17-18,23H,5,7,14,16H2,1-2H3,(H,38,44). The van der Waals surface area contributed by atoms with Crippen LogP contribution in [0.15, 0.2) is 72.0 Å². The third-order valence-corrected chi connectivity index (χ3v) is 8.82. The molecule has 9 nitrogen and oxygen atoms in total. The molecule has 1 N–H and O–H groups in total. The van der Waals surface area contributed by atoms with Gasteiger partial charge in [-0.05, 0) is 84.3 Å². The van der Waals surface area contributed by atoms with E-state index in [9.17, 15) is 22.8 Å². The summed E-state index contributed by atoms with van der Waals surface area (Å²) in [6.45, 7) is 4.06. The van der Waals surface area contributed by atoms with Crippen LogP contribution in [0.25, 0.3) is 17.1 Å². The zero-order chi connectivity index (χ0) is 32.6. The summed E-state index contributed by atoms with van der Waals surface area (Å²) in [6.07, 6.45) is -1.24. The minimum atomic E-state index is -4.76. The number of nitrogens with zero attached hydrogens (tertiary/aromatic N) is 5. The number of aryl methyl sites for hydroxylation is 1. The summed E-state index contributed by atoms with van der Waals surface area (Å²) in [5.41, 5.74) is 5.11. The number of hydrogen-bond donors (Lipinski definition) is 1. The van der Waals surface area contributed by atoms with Crippen LogP contribution in [0.4, 0.5) is 23.7 Å². The molecule has 0 radical (unpaired) electrons. The van der Waals surface area contributed by atoms with E-state index < -0.39 is 12.4 Å². The van der Waals surface area contributed by atoms with Gasteiger partial charge in [0.15, 0.2) is 11.0 Å². The van der Waals surface area contributed by atoms with E-state index in [0.717, 1.165) is 22.3 Å². The molecule has 1 aromatic heterocycles. The molecule has 1 aliphatic heterocycles. The summed E-state index contributed by atoms with van der Waals surface area (Å²) < 4.78 is 42.8. The van der Waals surface area contributed by atoms with Crippen molar-refractivity contribution in [3.05, 3.63) is 88.7 Å². The van der Waals surface area contributed by atoms with E-state index in [2.05, 4.69) is 25.1 Å². The average molecular weight is 669 g/mol. The Balaban J connectivity index is 1.11. The molecule has 0 bridgehead atoms. The highest BCUT2D eigenvalue weighted by Crippen LogP contribution is 2.35. The molecule has 6 rings (SSSR count). The molecule has 3 amide bonds. The van der Waals surface area contributed by atoms with Gasteiger partial charge in [0.2, 0.25) is 5.91 Å². The first-order valence-corrected chi connectivity index (χ1v) is 15.8. The molecule has 0 saturated carbocycles. The number of amidine groups is 1. The molecule has 2 heterocycles. The van der Waals surface area contributed by atoms with E-state index in [0.29, 0.717) is 46.7 Å². The van der Waals surface area contributed by atoms with Gasteiger partial charge in [-0.25, -0.2) is 14.5 Å². The largest absolute Gasteiger partial charge is 0.573 e. The van der Waals surface area contributed by atoms with Crippen molar-refractivity contribution in [3.8, 4) is 22.8 Å². The Bertz CT molecular complexity index is 1830. The van der Waals surface area contributed by atoms with Gasteiger partial charge in [-0.15, -0.1) is 18.3 Å². The number of benzene rings is 3. The lowest BCUT2D eigenvalue weighted by molar-refractivity contribution is -0.274. The van der Waals surface area contributed by atoms with E-state index in [1.54, 1.807) is 12.1 Å². The Morgan fingerprint density at radius 3 is 2.63 bits per heavy atom. The molecule has 46 heavy (non-hydrogen) atoms. The number of hydrogen-bond acceptors (Lipinski definition) is 6. The number of nitrogens with one attached hydrogen (secondary N) is 1. The molecule has 0 spiro atoms. The van der Waals surface area contributed by atoms with Gasteiger partial charge < -0.3 is 10.1 Å². The van der Waals surface area contributed by atoms with Gasteiger partial charge in [0.05, 0.1) is 17.1 Å². The number of ether oxygens (including phenoxy) is 1. The molecule has 238 valence electrons. The molecule has 14 heteroatoms. The lowest BCUT2D eigenvalue weighted by Gasteiger charge is -2.25. The minimum absolute atomic E-state index is 0.134. The molecular weight excluding hydrogens is 641 g/mol. The van der Waals surface area contributed by atoms with E-state index in [4.69, 9.17) is 11.6 Å². The Morgan fingerprint density at radius 1 is 1.11 bits per heavy atom. The number of rotatable bonds is 6. The van der Waals surface area contributed by atoms with E-state index in [1.165, 1.54) is 51.9 Å². The Kier molecular flexibility index (Phi) is 8.80. The van der Waals surface area contributed by atoms with Gasteiger partial charge in [-0.2, -0.15) is 4.99 Å². The number of aromatic nitrogens is 3. The number of aliphatic imine (C=N–C) groups is 1. The normalized spacial score (nSPS) is 17.5. The molecule has 1 unspecified atom stereocenters. The lowest BCUT2D eigenvalue weighted by atomic mass is 9.87. The number of fused-ring (bicyclic) bond motifs is 1. The molecule has 2 aliphatic rings. The first-order valence-electron chi connectivity index (χ1n) is 14.5. The van der Waals surface area contributed by atoms with Gasteiger partial charge in [-0.3, -0.25) is 9.69 Å². The summed E-state index contributed by atoms with van der Waals surface area (Å²) in [6, 6.07) is 16.0. The van der Waals surface area contributed by atoms with Crippen LogP contribution in [0, 0.1) is 0 Å². The van der Waals surface area contributed by atoms with Crippen molar-refractivity contribution in [3.63, 3.8) is 0 Å². The number of thioether (sulfide) groups is 1. The number of amides is 3. The fraction of sp³-hybridized carbons (Fsp3) is 0.281. The van der Waals surface area contributed by atoms with Crippen molar-refractivity contribution in [2.45, 2.75) is 51.4 Å². The zero-order valence-corrected chi connectivity index (χ0v) is 26.3. The van der Waals surface area contributed by atoms with Crippen LogP contribution >= 0.6 is 23.4 Å². The number of alkyl halides is 3. The Morgan fingerprint density at radius 2 is 1.89 bits per heavy atom. The maximum atomic E-state index is 13.0. The lowest BCUT2D eigenvalue weighted by Crippen LogP contribution is -2.38. The number of carbonyl (C=O) groups is 2. The van der Waals surface area contributed by atoms with Crippen molar-refractivity contribution < 1.29 is 27.5 Å². The second kappa shape index (κ2) is 12.8. The minimum Gasteiger partial charge on any atom is -0.406 e. The van der Waals surface area contributed by atoms with Crippen LogP contribution in [0.5, 0.6) is 5.75 Å². The summed E-state index contributed by atoms with van der Waals surface area (Å²) in [5, 5.41) is 8.32. The second-order valence-corrected chi connectivity index (χ2v) is 12.6. The molecule has 1 saturated heterocycles. The fourth-order valence-corrected chi connectivity index (χ4v) is 6.54. The molecule has 1 aliphatic carbocycles. The number of urea groups is 1. The van der Waals surface area contributed by atoms with Crippen LogP contribution in [-0.4, -0.2) is 50.0 Å². The van der Waals surface area contributed by atoms with Gasteiger partial charge in [-0.1, -0.05) is 55.4 Å². The third kappa shape index (κ3) is 7.05. The zero-order valence-electron chi connectivity index (χ0n) is 24.7. The topological polar surface area (TPSA) is 102 Å². The Hall–Kier alpha value is -4.36. The molecule has 3 aromatic carbocycles. The van der Waals surface area contributed by atoms with E-state index in [-0.39, 0.29) is 29.4 Å². The molecule has 1 atom stereocenters. The van der Waals surface area contributed by atoms with Crippen LogP contribution < -0.4 is 15.0 Å². The SMILES string of the molecule is CC(C)c1ccc(Cl)cc1N1C(=O)CSC1=NC(=O)NC1CCc2cc(-c3ncn(-c4ccc(OC(F)(F)F)cc4)n3)ccc2C1. The fourth-order valence-electron chi connectivity index (χ4n) is 5.51. The van der Waals surface area contributed by atoms with Crippen LogP contribution in [0.1, 0.15) is 42.9 Å². The quantitative estimate of drug-likeness (QED) is 0.231. The highest BCUT2D eigenvalue weighted by Gasteiger charge is 2.33. The van der Waals surface area contributed by atoms with Gasteiger partial charge in [0, 0.05) is 16.6 Å².